The zero-order valence-corrected chi connectivity index (χ0v) is 16.2. The first kappa shape index (κ1) is 20.4. The highest BCUT2D eigenvalue weighted by Gasteiger charge is 2.20. The van der Waals surface area contributed by atoms with Crippen LogP contribution in [-0.2, 0) is 26.5 Å². The molecular formula is C17H22N2O5S2. The van der Waals surface area contributed by atoms with Crippen LogP contribution in [-0.4, -0.2) is 23.4 Å². The standard InChI is InChI=1S/C17H22N2O5S2/c1-3-5-14-6-10-16(11-7-14)25(20,21)18-19-26(22,23)17-12-8-15(9-13-17)24-4-2/h6-13,18-19H,3-5H2,1-2H3. The molecule has 0 radical (unpaired) electrons. The van der Waals surface area contributed by atoms with Gasteiger partial charge in [0.15, 0.2) is 0 Å². The summed E-state index contributed by atoms with van der Waals surface area (Å²) in [4.78, 5) is 3.70. The molecule has 2 aromatic rings. The Hall–Kier alpha value is -1.94. The largest absolute Gasteiger partial charge is 0.494 e. The molecule has 2 rings (SSSR count). The van der Waals surface area contributed by atoms with Crippen LogP contribution in [0.5, 0.6) is 5.75 Å². The normalized spacial score (nSPS) is 12.1. The fourth-order valence-corrected chi connectivity index (χ4v) is 4.34. The second-order valence-corrected chi connectivity index (χ2v) is 8.87. The van der Waals surface area contributed by atoms with Crippen LogP contribution in [0.4, 0.5) is 0 Å². The van der Waals surface area contributed by atoms with Gasteiger partial charge in [-0.3, -0.25) is 0 Å². The summed E-state index contributed by atoms with van der Waals surface area (Å²) in [6, 6.07) is 12.0. The summed E-state index contributed by atoms with van der Waals surface area (Å²) in [6.07, 6.45) is 1.80. The molecule has 0 atom stereocenters. The smallest absolute Gasteiger partial charge is 0.254 e. The lowest BCUT2D eigenvalue weighted by Crippen LogP contribution is -2.41. The number of hydrogen-bond donors (Lipinski definition) is 2. The minimum Gasteiger partial charge on any atom is -0.494 e. The van der Waals surface area contributed by atoms with E-state index in [4.69, 9.17) is 4.74 Å². The molecule has 0 unspecified atom stereocenters. The second-order valence-electron chi connectivity index (χ2n) is 5.51. The van der Waals surface area contributed by atoms with Crippen molar-refractivity contribution in [2.45, 2.75) is 36.5 Å². The van der Waals surface area contributed by atoms with Crippen molar-refractivity contribution >= 4 is 20.0 Å². The lowest BCUT2D eigenvalue weighted by molar-refractivity contribution is 0.340. The first-order valence-electron chi connectivity index (χ1n) is 8.14. The third-order valence-corrected chi connectivity index (χ3v) is 6.18. The number of rotatable bonds is 9. The maximum Gasteiger partial charge on any atom is 0.254 e. The van der Waals surface area contributed by atoms with E-state index in [2.05, 4.69) is 0 Å². The fourth-order valence-electron chi connectivity index (χ4n) is 2.23. The molecule has 0 saturated heterocycles. The molecule has 0 aromatic heterocycles. The van der Waals surface area contributed by atoms with Gasteiger partial charge in [0.2, 0.25) is 0 Å². The lowest BCUT2D eigenvalue weighted by atomic mass is 10.1. The van der Waals surface area contributed by atoms with Crippen molar-refractivity contribution in [2.24, 2.45) is 0 Å². The van der Waals surface area contributed by atoms with E-state index in [1.807, 2.05) is 23.5 Å². The van der Waals surface area contributed by atoms with Crippen molar-refractivity contribution in [3.05, 3.63) is 54.1 Å². The Morgan fingerprint density at radius 1 is 0.769 bits per heavy atom. The van der Waals surface area contributed by atoms with Crippen LogP contribution in [0, 0.1) is 0 Å². The number of benzene rings is 2. The highest BCUT2D eigenvalue weighted by atomic mass is 32.2. The Balaban J connectivity index is 2.09. The van der Waals surface area contributed by atoms with Gasteiger partial charge in [0, 0.05) is 0 Å². The molecule has 0 spiro atoms. The number of aryl methyl sites for hydroxylation is 1. The summed E-state index contributed by atoms with van der Waals surface area (Å²) in [6.45, 7) is 4.30. The minimum absolute atomic E-state index is 0.0215. The van der Waals surface area contributed by atoms with Crippen LogP contribution in [0.2, 0.25) is 0 Å². The zero-order chi connectivity index (χ0) is 19.2. The first-order chi connectivity index (χ1) is 12.3. The van der Waals surface area contributed by atoms with Gasteiger partial charge in [-0.05, 0) is 55.3 Å². The van der Waals surface area contributed by atoms with Gasteiger partial charge in [-0.1, -0.05) is 25.5 Å². The van der Waals surface area contributed by atoms with E-state index in [0.717, 1.165) is 18.4 Å². The van der Waals surface area contributed by atoms with Crippen LogP contribution in [0.1, 0.15) is 25.8 Å². The van der Waals surface area contributed by atoms with E-state index < -0.39 is 20.0 Å². The van der Waals surface area contributed by atoms with Gasteiger partial charge in [0.25, 0.3) is 20.0 Å². The molecule has 0 aliphatic rings. The number of hydrogen-bond acceptors (Lipinski definition) is 5. The van der Waals surface area contributed by atoms with E-state index >= 15 is 0 Å². The van der Waals surface area contributed by atoms with Gasteiger partial charge < -0.3 is 4.74 Å². The third-order valence-electron chi connectivity index (χ3n) is 3.53. The van der Waals surface area contributed by atoms with Gasteiger partial charge in [0.05, 0.1) is 16.4 Å². The molecule has 26 heavy (non-hydrogen) atoms. The zero-order valence-electron chi connectivity index (χ0n) is 14.6. The van der Waals surface area contributed by atoms with Gasteiger partial charge in [0.1, 0.15) is 5.75 Å². The number of ether oxygens (including phenoxy) is 1. The van der Waals surface area contributed by atoms with E-state index in [-0.39, 0.29) is 9.79 Å². The van der Waals surface area contributed by atoms with Crippen LogP contribution < -0.4 is 14.4 Å². The Morgan fingerprint density at radius 3 is 1.65 bits per heavy atom. The van der Waals surface area contributed by atoms with Crippen molar-refractivity contribution in [3.63, 3.8) is 0 Å². The maximum atomic E-state index is 12.3. The average molecular weight is 399 g/mol. The summed E-state index contributed by atoms with van der Waals surface area (Å²) in [5.41, 5.74) is 1.02. The molecule has 142 valence electrons. The van der Waals surface area contributed by atoms with Crippen molar-refractivity contribution in [2.75, 3.05) is 6.61 Å². The Kier molecular flexibility index (Phi) is 6.76. The molecule has 0 bridgehead atoms. The molecule has 2 N–H and O–H groups in total. The van der Waals surface area contributed by atoms with Gasteiger partial charge >= 0.3 is 0 Å². The summed E-state index contributed by atoms with van der Waals surface area (Å²) < 4.78 is 54.2. The molecule has 0 fully saturated rings. The van der Waals surface area contributed by atoms with Crippen LogP contribution >= 0.6 is 0 Å². The molecule has 0 heterocycles. The topological polar surface area (TPSA) is 102 Å². The van der Waals surface area contributed by atoms with E-state index in [1.165, 1.54) is 36.4 Å². The monoisotopic (exact) mass is 398 g/mol. The Bertz CT molecular complexity index is 843. The van der Waals surface area contributed by atoms with Gasteiger partial charge in [-0.15, -0.1) is 9.66 Å². The second kappa shape index (κ2) is 8.63. The lowest BCUT2D eigenvalue weighted by Gasteiger charge is -2.10. The third kappa shape index (κ3) is 5.28. The van der Waals surface area contributed by atoms with E-state index in [1.54, 1.807) is 12.1 Å². The van der Waals surface area contributed by atoms with Crippen molar-refractivity contribution < 1.29 is 21.6 Å². The summed E-state index contributed by atoms with van der Waals surface area (Å²) in [5, 5.41) is 0. The van der Waals surface area contributed by atoms with Crippen molar-refractivity contribution in [1.82, 2.24) is 9.66 Å². The van der Waals surface area contributed by atoms with Gasteiger partial charge in [-0.2, -0.15) is 0 Å². The van der Waals surface area contributed by atoms with Crippen LogP contribution in [0.3, 0.4) is 0 Å². The van der Waals surface area contributed by atoms with Crippen molar-refractivity contribution in [1.29, 1.82) is 0 Å². The highest BCUT2D eigenvalue weighted by Crippen LogP contribution is 2.16. The highest BCUT2D eigenvalue weighted by molar-refractivity contribution is 7.92. The SMILES string of the molecule is CCCc1ccc(S(=O)(=O)NNS(=O)(=O)c2ccc(OCC)cc2)cc1. The molecular weight excluding hydrogens is 376 g/mol. The van der Waals surface area contributed by atoms with Crippen LogP contribution in [0.25, 0.3) is 0 Å². The molecule has 0 saturated carbocycles. The number of hydrazine groups is 1. The van der Waals surface area contributed by atoms with Crippen molar-refractivity contribution in [3.8, 4) is 5.75 Å². The Morgan fingerprint density at radius 2 is 1.23 bits per heavy atom. The molecule has 0 aliphatic heterocycles. The van der Waals surface area contributed by atoms with Crippen LogP contribution in [0.15, 0.2) is 58.3 Å². The summed E-state index contributed by atoms with van der Waals surface area (Å²) in [5.74, 6) is 0.527. The summed E-state index contributed by atoms with van der Waals surface area (Å²) in [7, 11) is -8.06. The van der Waals surface area contributed by atoms with Gasteiger partial charge in [-0.25, -0.2) is 16.8 Å². The fraction of sp³-hybridized carbons (Fsp3) is 0.294. The van der Waals surface area contributed by atoms with E-state index in [9.17, 15) is 16.8 Å². The summed E-state index contributed by atoms with van der Waals surface area (Å²) >= 11 is 0. The molecule has 0 amide bonds. The number of nitrogens with one attached hydrogen (secondary N) is 2. The first-order valence-corrected chi connectivity index (χ1v) is 11.1. The molecule has 2 aromatic carbocycles. The van der Waals surface area contributed by atoms with E-state index in [0.29, 0.717) is 12.4 Å². The average Bonchev–Trinajstić information content (AvgIpc) is 2.62. The minimum atomic E-state index is -4.05. The number of sulfonamides is 2. The quantitative estimate of drug-likeness (QED) is 0.631. The predicted molar refractivity (Wildman–Crippen MR) is 98.7 cm³/mol. The predicted octanol–water partition coefficient (Wildman–Crippen LogP) is 2.21. The molecule has 0 aliphatic carbocycles. The maximum absolute atomic E-state index is 12.3. The molecule has 7 nitrogen and oxygen atoms in total. The molecule has 9 heteroatoms. The Labute approximate surface area is 154 Å².